The summed E-state index contributed by atoms with van der Waals surface area (Å²) in [6, 6.07) is 9.29. The Balaban J connectivity index is 1.51. The lowest BCUT2D eigenvalue weighted by Crippen LogP contribution is -2.45. The monoisotopic (exact) mass is 317 g/mol. The van der Waals surface area contributed by atoms with Gasteiger partial charge in [0.05, 0.1) is 12.2 Å². The highest BCUT2D eigenvalue weighted by Crippen LogP contribution is 2.25. The van der Waals surface area contributed by atoms with Gasteiger partial charge in [0.2, 0.25) is 0 Å². The predicted molar refractivity (Wildman–Crippen MR) is 97.1 cm³/mol. The minimum Gasteiger partial charge on any atom is -0.385 e. The van der Waals surface area contributed by atoms with E-state index in [1.807, 2.05) is 0 Å². The second kappa shape index (κ2) is 7.54. The molecule has 0 unspecified atom stereocenters. The number of hydrogen-bond acceptors (Lipinski definition) is 4. The van der Waals surface area contributed by atoms with Gasteiger partial charge in [-0.05, 0) is 69.7 Å². The Hall–Kier alpha value is -1.26. The molecule has 0 spiro atoms. The number of anilines is 2. The number of morpholine rings is 1. The van der Waals surface area contributed by atoms with Crippen LogP contribution in [0.15, 0.2) is 24.3 Å². The Labute approximate surface area is 140 Å². The minimum atomic E-state index is 0.300. The van der Waals surface area contributed by atoms with E-state index < -0.39 is 0 Å². The van der Waals surface area contributed by atoms with E-state index in [9.17, 15) is 0 Å². The molecule has 128 valence electrons. The van der Waals surface area contributed by atoms with Crippen LogP contribution in [-0.2, 0) is 4.74 Å². The van der Waals surface area contributed by atoms with Crippen molar-refractivity contribution in [2.75, 3.05) is 29.9 Å². The topological polar surface area (TPSA) is 50.5 Å². The first kappa shape index (κ1) is 16.6. The molecule has 0 radical (unpaired) electrons. The van der Waals surface area contributed by atoms with Gasteiger partial charge in [0.25, 0.3) is 0 Å². The van der Waals surface area contributed by atoms with E-state index in [1.54, 1.807) is 0 Å². The summed E-state index contributed by atoms with van der Waals surface area (Å²) in [5.41, 5.74) is 8.49. The van der Waals surface area contributed by atoms with Gasteiger partial charge in [0.1, 0.15) is 0 Å². The molecule has 0 bridgehead atoms. The third-order valence-corrected chi connectivity index (χ3v) is 5.14. The maximum atomic E-state index is 5.98. The summed E-state index contributed by atoms with van der Waals surface area (Å²) >= 11 is 0. The van der Waals surface area contributed by atoms with Crippen LogP contribution in [0.2, 0.25) is 0 Å². The van der Waals surface area contributed by atoms with Gasteiger partial charge in [-0.25, -0.2) is 0 Å². The van der Waals surface area contributed by atoms with Crippen molar-refractivity contribution in [1.82, 2.24) is 0 Å². The molecule has 1 aromatic rings. The number of nitrogens with zero attached hydrogens (tertiary/aromatic N) is 1. The van der Waals surface area contributed by atoms with Crippen LogP contribution in [-0.4, -0.2) is 37.9 Å². The molecule has 4 heteroatoms. The average molecular weight is 317 g/mol. The smallest absolute Gasteiger partial charge is 0.0726 e. The minimum absolute atomic E-state index is 0.300. The molecular formula is C19H31N3O. The lowest BCUT2D eigenvalue weighted by molar-refractivity contribution is -0.00521. The summed E-state index contributed by atoms with van der Waals surface area (Å²) in [5.74, 6) is 0.774. The van der Waals surface area contributed by atoms with Crippen LogP contribution in [0.25, 0.3) is 0 Å². The third-order valence-electron chi connectivity index (χ3n) is 5.14. The number of ether oxygens (including phenoxy) is 1. The average Bonchev–Trinajstić information content (AvgIpc) is 2.54. The molecular weight excluding hydrogens is 286 g/mol. The zero-order valence-electron chi connectivity index (χ0n) is 14.5. The summed E-state index contributed by atoms with van der Waals surface area (Å²) in [6.45, 7) is 7.31. The highest BCUT2D eigenvalue weighted by Gasteiger charge is 2.22. The summed E-state index contributed by atoms with van der Waals surface area (Å²) < 4.78 is 5.81. The quantitative estimate of drug-likeness (QED) is 0.895. The lowest BCUT2D eigenvalue weighted by atomic mass is 9.86. The van der Waals surface area contributed by atoms with Crippen molar-refractivity contribution in [3.8, 4) is 0 Å². The van der Waals surface area contributed by atoms with Gasteiger partial charge in [0, 0.05) is 37.1 Å². The molecule has 1 saturated heterocycles. The Morgan fingerprint density at radius 2 is 1.65 bits per heavy atom. The molecule has 0 aromatic heterocycles. The number of nitrogens with two attached hydrogens (primary N) is 1. The van der Waals surface area contributed by atoms with Crippen LogP contribution in [0.5, 0.6) is 0 Å². The molecule has 23 heavy (non-hydrogen) atoms. The van der Waals surface area contributed by atoms with Crippen molar-refractivity contribution in [3.63, 3.8) is 0 Å². The van der Waals surface area contributed by atoms with Crippen molar-refractivity contribution >= 4 is 11.4 Å². The van der Waals surface area contributed by atoms with E-state index in [0.717, 1.165) is 25.6 Å². The van der Waals surface area contributed by atoms with E-state index in [1.165, 1.54) is 37.1 Å². The Morgan fingerprint density at radius 1 is 1.04 bits per heavy atom. The van der Waals surface area contributed by atoms with Crippen molar-refractivity contribution in [2.24, 2.45) is 11.7 Å². The number of hydrogen-bond donors (Lipinski definition) is 2. The second-order valence-electron chi connectivity index (χ2n) is 7.37. The molecule has 4 nitrogen and oxygen atoms in total. The molecule has 2 atom stereocenters. The first-order valence-corrected chi connectivity index (χ1v) is 9.10. The zero-order chi connectivity index (χ0) is 16.2. The molecule has 1 aromatic carbocycles. The van der Waals surface area contributed by atoms with Gasteiger partial charge in [0.15, 0.2) is 0 Å². The highest BCUT2D eigenvalue weighted by atomic mass is 16.5. The summed E-state index contributed by atoms with van der Waals surface area (Å²) in [5, 5.41) is 3.59. The molecule has 3 rings (SSSR count). The van der Waals surface area contributed by atoms with Crippen LogP contribution in [0.1, 0.15) is 39.5 Å². The van der Waals surface area contributed by atoms with Crippen molar-refractivity contribution in [3.05, 3.63) is 24.3 Å². The molecule has 3 N–H and O–H groups in total. The second-order valence-corrected chi connectivity index (χ2v) is 7.37. The largest absolute Gasteiger partial charge is 0.385 e. The normalized spacial score (nSPS) is 31.9. The fourth-order valence-corrected chi connectivity index (χ4v) is 3.83. The fourth-order valence-electron chi connectivity index (χ4n) is 3.83. The van der Waals surface area contributed by atoms with Crippen LogP contribution in [0, 0.1) is 5.92 Å². The summed E-state index contributed by atoms with van der Waals surface area (Å²) in [7, 11) is 0. The fraction of sp³-hybridized carbons (Fsp3) is 0.684. The summed E-state index contributed by atoms with van der Waals surface area (Å²) in [4.78, 5) is 2.42. The lowest BCUT2D eigenvalue weighted by Gasteiger charge is -2.37. The van der Waals surface area contributed by atoms with Crippen molar-refractivity contribution < 1.29 is 4.74 Å². The molecule has 1 saturated carbocycles. The van der Waals surface area contributed by atoms with Crippen molar-refractivity contribution in [1.29, 1.82) is 0 Å². The maximum Gasteiger partial charge on any atom is 0.0726 e. The Bertz CT molecular complexity index is 472. The van der Waals surface area contributed by atoms with E-state index in [2.05, 4.69) is 48.3 Å². The third kappa shape index (κ3) is 4.61. The van der Waals surface area contributed by atoms with E-state index in [-0.39, 0.29) is 0 Å². The Kier molecular flexibility index (Phi) is 5.44. The van der Waals surface area contributed by atoms with Crippen LogP contribution < -0.4 is 16.0 Å². The van der Waals surface area contributed by atoms with Crippen LogP contribution in [0.3, 0.4) is 0 Å². The van der Waals surface area contributed by atoms with Crippen molar-refractivity contribution in [2.45, 2.75) is 57.8 Å². The molecule has 2 aliphatic rings. The van der Waals surface area contributed by atoms with Gasteiger partial charge in [-0.15, -0.1) is 0 Å². The first-order chi connectivity index (χ1) is 11.1. The molecule has 0 amide bonds. The maximum absolute atomic E-state index is 5.98. The zero-order valence-corrected chi connectivity index (χ0v) is 14.5. The van der Waals surface area contributed by atoms with Crippen LogP contribution in [0.4, 0.5) is 11.4 Å². The van der Waals surface area contributed by atoms with E-state index in [4.69, 9.17) is 10.5 Å². The number of rotatable bonds is 4. The molecule has 1 aliphatic heterocycles. The number of benzene rings is 1. The molecule has 1 heterocycles. The molecule has 2 fully saturated rings. The number of nitrogens with one attached hydrogen (secondary N) is 1. The first-order valence-electron chi connectivity index (χ1n) is 9.10. The van der Waals surface area contributed by atoms with Crippen LogP contribution >= 0.6 is 0 Å². The SMILES string of the molecule is C[C@@H]1CN(c2ccc(NC[C@H]3CC[C@@H](N)CC3)cc2)C[C@H](C)O1. The Morgan fingerprint density at radius 3 is 2.26 bits per heavy atom. The predicted octanol–water partition coefficient (Wildman–Crippen LogP) is 3.23. The van der Waals surface area contributed by atoms with Gasteiger partial charge in [-0.2, -0.15) is 0 Å². The van der Waals surface area contributed by atoms with Gasteiger partial charge in [-0.3, -0.25) is 0 Å². The van der Waals surface area contributed by atoms with Gasteiger partial charge in [-0.1, -0.05) is 0 Å². The van der Waals surface area contributed by atoms with Gasteiger partial charge < -0.3 is 20.7 Å². The van der Waals surface area contributed by atoms with Gasteiger partial charge >= 0.3 is 0 Å². The van der Waals surface area contributed by atoms with E-state index >= 15 is 0 Å². The van der Waals surface area contributed by atoms with E-state index in [0.29, 0.717) is 18.2 Å². The molecule has 1 aliphatic carbocycles. The standard InChI is InChI=1S/C19H31N3O/c1-14-12-22(13-15(2)23-14)19-9-7-18(8-10-19)21-11-16-3-5-17(20)6-4-16/h7-10,14-17,21H,3-6,11-13,20H2,1-2H3/t14-,15+,16-,17+. The highest BCUT2D eigenvalue weighted by molar-refractivity contribution is 5.55. The summed E-state index contributed by atoms with van der Waals surface area (Å²) in [6.07, 6.45) is 5.48.